The highest BCUT2D eigenvalue weighted by Crippen LogP contribution is 2.22. The number of carbonyl (C=O) groups is 1. The molecule has 1 aromatic heterocycles. The summed E-state index contributed by atoms with van der Waals surface area (Å²) in [7, 11) is 0. The average Bonchev–Trinajstić information content (AvgIpc) is 3.14. The zero-order chi connectivity index (χ0) is 21.2. The average molecular weight is 528 g/mol. The van der Waals surface area contributed by atoms with Crippen LogP contribution in [0.3, 0.4) is 0 Å². The molecule has 1 amide bonds. The van der Waals surface area contributed by atoms with Crippen LogP contribution in [-0.4, -0.2) is 25.0 Å². The third kappa shape index (κ3) is 8.64. The van der Waals surface area contributed by atoms with Crippen LogP contribution < -0.4 is 21.1 Å². The summed E-state index contributed by atoms with van der Waals surface area (Å²) in [5.74, 6) is 2.30. The summed E-state index contributed by atoms with van der Waals surface area (Å²) in [6.07, 6.45) is 1.01. The Morgan fingerprint density at radius 2 is 2.00 bits per heavy atom. The van der Waals surface area contributed by atoms with E-state index in [4.69, 9.17) is 14.9 Å². The molecule has 30 heavy (non-hydrogen) atoms. The SMILES string of the molecule is CCNC(=NCc1ccc(C)cc1OCCC(C)C)NCc1ccc(C(N)=O)o1.I. The Morgan fingerprint density at radius 3 is 2.63 bits per heavy atom. The highest BCUT2D eigenvalue weighted by Gasteiger charge is 2.09. The maximum atomic E-state index is 11.1. The number of hydrogen-bond donors (Lipinski definition) is 3. The lowest BCUT2D eigenvalue weighted by atomic mass is 10.1. The van der Waals surface area contributed by atoms with E-state index in [2.05, 4.69) is 54.6 Å². The number of aliphatic imine (C=N–C) groups is 1. The van der Waals surface area contributed by atoms with Crippen molar-refractivity contribution >= 4 is 35.8 Å². The summed E-state index contributed by atoms with van der Waals surface area (Å²) < 4.78 is 11.4. The number of halogens is 1. The molecule has 0 spiro atoms. The van der Waals surface area contributed by atoms with Crippen molar-refractivity contribution in [2.45, 2.75) is 47.2 Å². The zero-order valence-electron chi connectivity index (χ0n) is 18.2. The summed E-state index contributed by atoms with van der Waals surface area (Å²) in [6.45, 7) is 10.7. The second kappa shape index (κ2) is 13.1. The Balaban J connectivity index is 0.00000450. The van der Waals surface area contributed by atoms with Crippen LogP contribution in [0.25, 0.3) is 0 Å². The van der Waals surface area contributed by atoms with E-state index in [1.165, 1.54) is 0 Å². The fourth-order valence-corrected chi connectivity index (χ4v) is 2.61. The summed E-state index contributed by atoms with van der Waals surface area (Å²) in [5, 5.41) is 6.41. The van der Waals surface area contributed by atoms with Crippen molar-refractivity contribution in [2.24, 2.45) is 16.6 Å². The topological polar surface area (TPSA) is 102 Å². The summed E-state index contributed by atoms with van der Waals surface area (Å²) >= 11 is 0. The first-order valence-electron chi connectivity index (χ1n) is 10.0. The van der Waals surface area contributed by atoms with Gasteiger partial charge in [-0.1, -0.05) is 26.0 Å². The van der Waals surface area contributed by atoms with Crippen LogP contribution in [0.15, 0.2) is 39.7 Å². The van der Waals surface area contributed by atoms with E-state index < -0.39 is 5.91 Å². The van der Waals surface area contributed by atoms with Gasteiger partial charge in [-0.25, -0.2) is 4.99 Å². The number of benzene rings is 1. The van der Waals surface area contributed by atoms with Gasteiger partial charge in [0.2, 0.25) is 0 Å². The third-order valence-corrected chi connectivity index (χ3v) is 4.26. The van der Waals surface area contributed by atoms with E-state index >= 15 is 0 Å². The van der Waals surface area contributed by atoms with Crippen molar-refractivity contribution in [3.8, 4) is 5.75 Å². The van der Waals surface area contributed by atoms with Crippen molar-refractivity contribution in [1.82, 2.24) is 10.6 Å². The fourth-order valence-electron chi connectivity index (χ4n) is 2.61. The Labute approximate surface area is 195 Å². The van der Waals surface area contributed by atoms with E-state index in [-0.39, 0.29) is 29.7 Å². The Bertz CT molecular complexity index is 834. The second-order valence-corrected chi connectivity index (χ2v) is 7.32. The number of furan rings is 1. The first-order valence-corrected chi connectivity index (χ1v) is 10.0. The van der Waals surface area contributed by atoms with Gasteiger partial charge in [-0.3, -0.25) is 4.79 Å². The lowest BCUT2D eigenvalue weighted by molar-refractivity contribution is 0.0972. The van der Waals surface area contributed by atoms with Crippen molar-refractivity contribution < 1.29 is 13.9 Å². The highest BCUT2D eigenvalue weighted by molar-refractivity contribution is 14.0. The van der Waals surface area contributed by atoms with Crippen LogP contribution in [0.4, 0.5) is 0 Å². The van der Waals surface area contributed by atoms with Crippen molar-refractivity contribution in [3.05, 3.63) is 53.0 Å². The molecule has 0 atom stereocenters. The van der Waals surface area contributed by atoms with Gasteiger partial charge in [-0.2, -0.15) is 0 Å². The summed E-state index contributed by atoms with van der Waals surface area (Å²) in [4.78, 5) is 15.8. The van der Waals surface area contributed by atoms with E-state index in [1.54, 1.807) is 12.1 Å². The maximum absolute atomic E-state index is 11.1. The molecular weight excluding hydrogens is 495 g/mol. The van der Waals surface area contributed by atoms with Crippen LogP contribution >= 0.6 is 24.0 Å². The minimum absolute atomic E-state index is 0. The van der Waals surface area contributed by atoms with Crippen LogP contribution in [0.5, 0.6) is 5.75 Å². The molecule has 0 unspecified atom stereocenters. The molecule has 2 rings (SSSR count). The van der Waals surface area contributed by atoms with Crippen LogP contribution in [0, 0.1) is 12.8 Å². The second-order valence-electron chi connectivity index (χ2n) is 7.32. The molecule has 8 heteroatoms. The van der Waals surface area contributed by atoms with Gasteiger partial charge in [-0.05, 0) is 49.9 Å². The van der Waals surface area contributed by atoms with Crippen molar-refractivity contribution in [1.29, 1.82) is 0 Å². The normalized spacial score (nSPS) is 11.2. The lowest BCUT2D eigenvalue weighted by Gasteiger charge is -2.14. The van der Waals surface area contributed by atoms with Crippen LogP contribution in [0.1, 0.15) is 54.6 Å². The number of guanidine groups is 1. The van der Waals surface area contributed by atoms with Gasteiger partial charge >= 0.3 is 0 Å². The predicted molar refractivity (Wildman–Crippen MR) is 130 cm³/mol. The molecule has 0 aliphatic heterocycles. The van der Waals surface area contributed by atoms with Gasteiger partial charge < -0.3 is 25.5 Å². The number of nitrogens with zero attached hydrogens (tertiary/aromatic N) is 1. The molecule has 0 fully saturated rings. The van der Waals surface area contributed by atoms with E-state index in [0.717, 1.165) is 29.8 Å². The number of aryl methyl sites for hydroxylation is 1. The van der Waals surface area contributed by atoms with Crippen LogP contribution in [-0.2, 0) is 13.1 Å². The van der Waals surface area contributed by atoms with Gasteiger partial charge in [0.1, 0.15) is 11.5 Å². The molecule has 0 aliphatic carbocycles. The third-order valence-electron chi connectivity index (χ3n) is 4.26. The van der Waals surface area contributed by atoms with Crippen LogP contribution in [0.2, 0.25) is 0 Å². The van der Waals surface area contributed by atoms with Gasteiger partial charge in [0.25, 0.3) is 5.91 Å². The smallest absolute Gasteiger partial charge is 0.284 e. The standard InChI is InChI=1S/C22H32N4O3.HI/c1-5-24-22(26-14-18-8-9-19(29-18)21(23)27)25-13-17-7-6-16(4)12-20(17)28-11-10-15(2)3;/h6-9,12,15H,5,10-11,13-14H2,1-4H3,(H2,23,27)(H2,24,25,26);1H. The van der Waals surface area contributed by atoms with E-state index in [9.17, 15) is 4.79 Å². The molecule has 4 N–H and O–H groups in total. The van der Waals surface area contributed by atoms with Crippen molar-refractivity contribution in [2.75, 3.05) is 13.2 Å². The molecule has 0 radical (unpaired) electrons. The van der Waals surface area contributed by atoms with E-state index in [0.29, 0.717) is 37.3 Å². The number of ether oxygens (including phenoxy) is 1. The highest BCUT2D eigenvalue weighted by atomic mass is 127. The molecule has 1 aromatic carbocycles. The molecule has 1 heterocycles. The first kappa shape index (κ1) is 25.8. The quantitative estimate of drug-likeness (QED) is 0.246. The Morgan fingerprint density at radius 1 is 1.23 bits per heavy atom. The number of amides is 1. The number of nitrogens with one attached hydrogen (secondary N) is 2. The largest absolute Gasteiger partial charge is 0.493 e. The monoisotopic (exact) mass is 528 g/mol. The van der Waals surface area contributed by atoms with E-state index in [1.807, 2.05) is 6.92 Å². The number of hydrogen-bond acceptors (Lipinski definition) is 4. The van der Waals surface area contributed by atoms with Crippen molar-refractivity contribution in [3.63, 3.8) is 0 Å². The molecule has 2 aromatic rings. The van der Waals surface area contributed by atoms with Gasteiger partial charge in [-0.15, -0.1) is 24.0 Å². The van der Waals surface area contributed by atoms with Gasteiger partial charge in [0.05, 0.1) is 19.7 Å². The molecule has 166 valence electrons. The molecule has 0 aliphatic rings. The molecule has 0 saturated carbocycles. The molecule has 7 nitrogen and oxygen atoms in total. The van der Waals surface area contributed by atoms with Gasteiger partial charge in [0, 0.05) is 12.1 Å². The zero-order valence-corrected chi connectivity index (χ0v) is 20.5. The predicted octanol–water partition coefficient (Wildman–Crippen LogP) is 3.99. The maximum Gasteiger partial charge on any atom is 0.284 e. The summed E-state index contributed by atoms with van der Waals surface area (Å²) in [6, 6.07) is 9.46. The number of primary amides is 1. The Hall–Kier alpha value is -2.23. The molecule has 0 saturated heterocycles. The summed E-state index contributed by atoms with van der Waals surface area (Å²) in [5.41, 5.74) is 7.41. The fraction of sp³-hybridized carbons (Fsp3) is 0.455. The number of carbonyl (C=O) groups excluding carboxylic acids is 1. The molecule has 0 bridgehead atoms. The molecular formula is C22H33IN4O3. The minimum Gasteiger partial charge on any atom is -0.493 e. The van der Waals surface area contributed by atoms with Gasteiger partial charge in [0.15, 0.2) is 11.7 Å². The minimum atomic E-state index is -0.582. The number of nitrogens with two attached hydrogens (primary N) is 1. The lowest BCUT2D eigenvalue weighted by Crippen LogP contribution is -2.36. The first-order chi connectivity index (χ1) is 13.9. The Kier molecular flexibility index (Phi) is 11.3. The number of rotatable bonds is 10.